The van der Waals surface area contributed by atoms with E-state index in [4.69, 9.17) is 10.2 Å². The van der Waals surface area contributed by atoms with E-state index in [0.717, 1.165) is 0 Å². The minimum Gasteiger partial charge on any atom is -1.00 e. The summed E-state index contributed by atoms with van der Waals surface area (Å²) in [4.78, 5) is 0. The van der Waals surface area contributed by atoms with Gasteiger partial charge in [-0.2, -0.15) is 0 Å². The number of quaternary nitrogens is 1. The van der Waals surface area contributed by atoms with Crippen LogP contribution in [0.1, 0.15) is 0 Å². The van der Waals surface area contributed by atoms with Crippen LogP contribution in [0.15, 0.2) is 0 Å². The SMILES string of the molecule is C[N+](C)(C)C[C@@H](O)CO.[Br-]. The molecule has 0 aliphatic carbocycles. The highest BCUT2D eigenvalue weighted by Crippen LogP contribution is 1.92. The Kier molecular flexibility index (Phi) is 6.58. The van der Waals surface area contributed by atoms with Crippen LogP contribution in [-0.4, -0.2) is 55.1 Å². The molecule has 64 valence electrons. The van der Waals surface area contributed by atoms with Crippen LogP contribution >= 0.6 is 0 Å². The summed E-state index contributed by atoms with van der Waals surface area (Å²) in [5.41, 5.74) is 0. The van der Waals surface area contributed by atoms with Crippen molar-refractivity contribution in [2.75, 3.05) is 34.3 Å². The summed E-state index contributed by atoms with van der Waals surface area (Å²) in [6.45, 7) is 0.450. The predicted molar refractivity (Wildman–Crippen MR) is 36.0 cm³/mol. The molecule has 3 nitrogen and oxygen atoms in total. The zero-order valence-corrected chi connectivity index (χ0v) is 8.30. The van der Waals surface area contributed by atoms with Gasteiger partial charge in [-0.25, -0.2) is 0 Å². The minimum atomic E-state index is -0.579. The first-order chi connectivity index (χ1) is 3.95. The van der Waals surface area contributed by atoms with E-state index in [0.29, 0.717) is 11.0 Å². The zero-order chi connectivity index (χ0) is 7.49. The smallest absolute Gasteiger partial charge is 0.126 e. The third kappa shape index (κ3) is 8.36. The van der Waals surface area contributed by atoms with Crippen molar-refractivity contribution in [3.8, 4) is 0 Å². The van der Waals surface area contributed by atoms with E-state index in [2.05, 4.69) is 0 Å². The van der Waals surface area contributed by atoms with E-state index in [1.807, 2.05) is 21.1 Å². The molecule has 0 aliphatic heterocycles. The van der Waals surface area contributed by atoms with Gasteiger partial charge in [0.2, 0.25) is 0 Å². The molecule has 0 unspecified atom stereocenters. The molecule has 0 aliphatic rings. The third-order valence-corrected chi connectivity index (χ3v) is 0.969. The van der Waals surface area contributed by atoms with Gasteiger partial charge in [0.05, 0.1) is 27.7 Å². The fraction of sp³-hybridized carbons (Fsp3) is 1.00. The molecule has 2 N–H and O–H groups in total. The molecular formula is C6H16BrNO2. The summed E-state index contributed by atoms with van der Waals surface area (Å²) in [6, 6.07) is 0. The highest BCUT2D eigenvalue weighted by atomic mass is 79.9. The maximum Gasteiger partial charge on any atom is 0.126 e. The summed E-state index contributed by atoms with van der Waals surface area (Å²) >= 11 is 0. The summed E-state index contributed by atoms with van der Waals surface area (Å²) in [5, 5.41) is 17.4. The zero-order valence-electron chi connectivity index (χ0n) is 6.71. The van der Waals surface area contributed by atoms with Crippen molar-refractivity contribution < 1.29 is 31.7 Å². The van der Waals surface area contributed by atoms with Gasteiger partial charge in [0.25, 0.3) is 0 Å². The molecule has 0 fully saturated rings. The molecule has 0 aromatic carbocycles. The number of hydrogen-bond acceptors (Lipinski definition) is 2. The van der Waals surface area contributed by atoms with Crippen molar-refractivity contribution in [2.45, 2.75) is 6.10 Å². The van der Waals surface area contributed by atoms with Gasteiger partial charge in [-0.05, 0) is 0 Å². The van der Waals surface area contributed by atoms with E-state index in [1.54, 1.807) is 0 Å². The van der Waals surface area contributed by atoms with E-state index >= 15 is 0 Å². The number of rotatable bonds is 3. The molecule has 10 heavy (non-hydrogen) atoms. The molecule has 0 aromatic rings. The molecule has 0 heterocycles. The van der Waals surface area contributed by atoms with E-state index in [-0.39, 0.29) is 23.6 Å². The second-order valence-electron chi connectivity index (χ2n) is 3.31. The summed E-state index contributed by atoms with van der Waals surface area (Å²) in [7, 11) is 5.91. The largest absolute Gasteiger partial charge is 1.00 e. The van der Waals surface area contributed by atoms with Gasteiger partial charge < -0.3 is 31.7 Å². The van der Waals surface area contributed by atoms with Gasteiger partial charge in [-0.1, -0.05) is 0 Å². The highest BCUT2D eigenvalue weighted by molar-refractivity contribution is 4.47. The van der Waals surface area contributed by atoms with Crippen molar-refractivity contribution in [3.05, 3.63) is 0 Å². The molecular weight excluding hydrogens is 198 g/mol. The van der Waals surface area contributed by atoms with E-state index in [1.165, 1.54) is 0 Å². The maximum atomic E-state index is 8.93. The van der Waals surface area contributed by atoms with Crippen molar-refractivity contribution in [1.82, 2.24) is 0 Å². The van der Waals surface area contributed by atoms with Crippen LogP contribution in [0, 0.1) is 0 Å². The van der Waals surface area contributed by atoms with Crippen LogP contribution in [0.25, 0.3) is 0 Å². The van der Waals surface area contributed by atoms with Gasteiger partial charge in [0.1, 0.15) is 12.6 Å². The summed E-state index contributed by atoms with van der Waals surface area (Å²) in [5.74, 6) is 0. The Bertz CT molecular complexity index is 82.3. The second-order valence-corrected chi connectivity index (χ2v) is 3.31. The first kappa shape index (κ1) is 13.0. The van der Waals surface area contributed by atoms with E-state index < -0.39 is 6.10 Å². The van der Waals surface area contributed by atoms with Crippen molar-refractivity contribution in [1.29, 1.82) is 0 Å². The number of hydrogen-bond donors (Lipinski definition) is 2. The maximum absolute atomic E-state index is 8.93. The Hall–Kier alpha value is 0.360. The van der Waals surface area contributed by atoms with Crippen LogP contribution < -0.4 is 17.0 Å². The molecule has 4 heteroatoms. The fourth-order valence-electron chi connectivity index (χ4n) is 0.690. The lowest BCUT2D eigenvalue weighted by Crippen LogP contribution is -3.00. The van der Waals surface area contributed by atoms with Crippen molar-refractivity contribution >= 4 is 0 Å². The lowest BCUT2D eigenvalue weighted by Gasteiger charge is -2.25. The second kappa shape index (κ2) is 5.07. The number of likely N-dealkylation sites (N-methyl/N-ethyl adjacent to an activating group) is 1. The van der Waals surface area contributed by atoms with Crippen LogP contribution in [-0.2, 0) is 0 Å². The fourth-order valence-corrected chi connectivity index (χ4v) is 0.690. The number of halogens is 1. The Morgan fingerprint density at radius 2 is 1.70 bits per heavy atom. The van der Waals surface area contributed by atoms with Gasteiger partial charge in [-0.15, -0.1) is 0 Å². The van der Waals surface area contributed by atoms with Crippen LogP contribution in [0.3, 0.4) is 0 Å². The van der Waals surface area contributed by atoms with E-state index in [9.17, 15) is 0 Å². The van der Waals surface area contributed by atoms with Crippen LogP contribution in [0.5, 0.6) is 0 Å². The van der Waals surface area contributed by atoms with Gasteiger partial charge in [0.15, 0.2) is 0 Å². The molecule has 1 atom stereocenters. The lowest BCUT2D eigenvalue weighted by molar-refractivity contribution is -0.873. The lowest BCUT2D eigenvalue weighted by atomic mass is 10.3. The van der Waals surface area contributed by atoms with Crippen LogP contribution in [0.2, 0.25) is 0 Å². The molecule has 0 spiro atoms. The van der Waals surface area contributed by atoms with Gasteiger partial charge in [0, 0.05) is 0 Å². The van der Waals surface area contributed by atoms with Crippen molar-refractivity contribution in [2.24, 2.45) is 0 Å². The Balaban J connectivity index is 0. The third-order valence-electron chi connectivity index (χ3n) is 0.969. The average molecular weight is 214 g/mol. The highest BCUT2D eigenvalue weighted by Gasteiger charge is 2.13. The predicted octanol–water partition coefficient (Wildman–Crippen LogP) is -3.95. The first-order valence-corrected chi connectivity index (χ1v) is 3.05. The number of nitrogens with zero attached hydrogens (tertiary/aromatic N) is 1. The van der Waals surface area contributed by atoms with Gasteiger partial charge >= 0.3 is 0 Å². The number of aliphatic hydroxyl groups is 2. The van der Waals surface area contributed by atoms with Gasteiger partial charge in [-0.3, -0.25) is 0 Å². The molecule has 0 rings (SSSR count). The molecule has 0 saturated heterocycles. The Morgan fingerprint density at radius 1 is 1.30 bits per heavy atom. The number of aliphatic hydroxyl groups excluding tert-OH is 2. The molecule has 0 aromatic heterocycles. The monoisotopic (exact) mass is 213 g/mol. The average Bonchev–Trinajstić information content (AvgIpc) is 1.62. The van der Waals surface area contributed by atoms with Crippen molar-refractivity contribution in [3.63, 3.8) is 0 Å². The molecule has 0 radical (unpaired) electrons. The van der Waals surface area contributed by atoms with Crippen LogP contribution in [0.4, 0.5) is 0 Å². The summed E-state index contributed by atoms with van der Waals surface area (Å²) < 4.78 is 0.682. The molecule has 0 amide bonds. The Morgan fingerprint density at radius 3 is 1.80 bits per heavy atom. The molecule has 0 bridgehead atoms. The Labute approximate surface area is 72.6 Å². The minimum absolute atomic E-state index is 0. The topological polar surface area (TPSA) is 40.5 Å². The molecule has 0 saturated carbocycles. The first-order valence-electron chi connectivity index (χ1n) is 3.05. The quantitative estimate of drug-likeness (QED) is 0.471. The normalized spacial score (nSPS) is 14.1. The summed E-state index contributed by atoms with van der Waals surface area (Å²) in [6.07, 6.45) is -0.579. The standard InChI is InChI=1S/C6H16NO2.BrH/c1-7(2,3)4-6(9)5-8;/h6,8-9H,4-5H2,1-3H3;1H/q+1;/p-1/t6-;/m1./s1.